The highest BCUT2D eigenvalue weighted by atomic mass is 16.3. The van der Waals surface area contributed by atoms with Gasteiger partial charge in [-0.1, -0.05) is 24.3 Å². The Kier molecular flexibility index (Phi) is 4.48. The van der Waals surface area contributed by atoms with Crippen molar-refractivity contribution in [3.8, 4) is 0 Å². The van der Waals surface area contributed by atoms with Crippen molar-refractivity contribution < 1.29 is 5.11 Å². The normalized spacial score (nSPS) is 16.0. The van der Waals surface area contributed by atoms with Crippen molar-refractivity contribution in [3.63, 3.8) is 0 Å². The van der Waals surface area contributed by atoms with Crippen molar-refractivity contribution in [1.82, 2.24) is 9.97 Å². The number of nitrogens with one attached hydrogen (secondary N) is 1. The second-order valence-corrected chi connectivity index (χ2v) is 6.61. The molecule has 5 nitrogen and oxygen atoms in total. The molecule has 0 spiro atoms. The molecule has 0 aliphatic carbocycles. The molecular weight excluding hydrogens is 288 g/mol. The zero-order chi connectivity index (χ0) is 16.3. The van der Waals surface area contributed by atoms with E-state index < -0.39 is 0 Å². The standard InChI is InChI=1S/C18H24N4O/c1-18(2)11-14-6-3-4-7-15(14)12-22(18)17-10-16(20-13-21-17)19-8-5-9-23/h3-4,6-7,10,13,23H,5,8-9,11-12H2,1-2H3,(H,19,20,21). The smallest absolute Gasteiger partial charge is 0.134 e. The third-order valence-corrected chi connectivity index (χ3v) is 4.37. The zero-order valence-corrected chi connectivity index (χ0v) is 13.8. The van der Waals surface area contributed by atoms with Crippen molar-refractivity contribution >= 4 is 11.6 Å². The molecule has 1 aromatic carbocycles. The van der Waals surface area contributed by atoms with Gasteiger partial charge in [-0.3, -0.25) is 0 Å². The molecule has 1 aromatic heterocycles. The van der Waals surface area contributed by atoms with Gasteiger partial charge in [0.1, 0.15) is 18.0 Å². The molecule has 3 rings (SSSR count). The van der Waals surface area contributed by atoms with E-state index in [2.05, 4.69) is 58.3 Å². The molecule has 0 atom stereocenters. The summed E-state index contributed by atoms with van der Waals surface area (Å²) in [5.41, 5.74) is 2.79. The van der Waals surface area contributed by atoms with E-state index in [1.807, 2.05) is 6.07 Å². The van der Waals surface area contributed by atoms with Crippen LogP contribution in [0.25, 0.3) is 0 Å². The van der Waals surface area contributed by atoms with Gasteiger partial charge in [0.25, 0.3) is 0 Å². The highest BCUT2D eigenvalue weighted by Crippen LogP contribution is 2.34. The van der Waals surface area contributed by atoms with Crippen molar-refractivity contribution in [2.45, 2.75) is 38.8 Å². The van der Waals surface area contributed by atoms with Crippen LogP contribution >= 0.6 is 0 Å². The molecule has 0 saturated heterocycles. The second kappa shape index (κ2) is 6.54. The van der Waals surface area contributed by atoms with E-state index >= 15 is 0 Å². The number of aromatic nitrogens is 2. The lowest BCUT2D eigenvalue weighted by molar-refractivity contribution is 0.292. The molecular formula is C18H24N4O. The van der Waals surface area contributed by atoms with Gasteiger partial charge in [0, 0.05) is 31.3 Å². The predicted molar refractivity (Wildman–Crippen MR) is 92.6 cm³/mol. The first-order valence-electron chi connectivity index (χ1n) is 8.11. The molecule has 23 heavy (non-hydrogen) atoms. The average Bonchev–Trinajstić information content (AvgIpc) is 2.54. The first-order valence-corrected chi connectivity index (χ1v) is 8.11. The van der Waals surface area contributed by atoms with Crippen LogP contribution in [0.4, 0.5) is 11.6 Å². The van der Waals surface area contributed by atoms with Crippen LogP contribution in [0.3, 0.4) is 0 Å². The molecule has 2 aromatic rings. The molecule has 2 heterocycles. The summed E-state index contributed by atoms with van der Waals surface area (Å²) in [6.07, 6.45) is 3.32. The van der Waals surface area contributed by atoms with E-state index in [9.17, 15) is 0 Å². The van der Waals surface area contributed by atoms with E-state index in [-0.39, 0.29) is 12.1 Å². The quantitative estimate of drug-likeness (QED) is 0.831. The van der Waals surface area contributed by atoms with E-state index in [0.717, 1.165) is 24.6 Å². The van der Waals surface area contributed by atoms with Gasteiger partial charge in [-0.2, -0.15) is 0 Å². The fourth-order valence-electron chi connectivity index (χ4n) is 3.11. The molecule has 0 fully saturated rings. The topological polar surface area (TPSA) is 61.3 Å². The largest absolute Gasteiger partial charge is 0.396 e. The molecule has 5 heteroatoms. The van der Waals surface area contributed by atoms with Gasteiger partial charge in [-0.25, -0.2) is 9.97 Å². The predicted octanol–water partition coefficient (Wildman–Crippen LogP) is 2.61. The highest BCUT2D eigenvalue weighted by molar-refractivity contribution is 5.53. The van der Waals surface area contributed by atoms with Gasteiger partial charge in [0.2, 0.25) is 0 Å². The molecule has 0 unspecified atom stereocenters. The van der Waals surface area contributed by atoms with E-state index in [1.54, 1.807) is 6.33 Å². The number of fused-ring (bicyclic) bond motifs is 1. The Labute approximate surface area is 137 Å². The third kappa shape index (κ3) is 3.45. The maximum Gasteiger partial charge on any atom is 0.134 e. The number of benzene rings is 1. The number of hydrogen-bond donors (Lipinski definition) is 2. The minimum atomic E-state index is 0.00503. The molecule has 1 aliphatic heterocycles. The molecule has 2 N–H and O–H groups in total. The Morgan fingerprint density at radius 2 is 2.00 bits per heavy atom. The Morgan fingerprint density at radius 1 is 1.22 bits per heavy atom. The van der Waals surface area contributed by atoms with Crippen molar-refractivity contribution in [1.29, 1.82) is 0 Å². The van der Waals surface area contributed by atoms with Crippen molar-refractivity contribution in [2.24, 2.45) is 0 Å². The third-order valence-electron chi connectivity index (χ3n) is 4.37. The maximum absolute atomic E-state index is 8.88. The van der Waals surface area contributed by atoms with E-state index in [4.69, 9.17) is 5.11 Å². The van der Waals surface area contributed by atoms with Crippen LogP contribution in [0, 0.1) is 0 Å². The van der Waals surface area contributed by atoms with E-state index in [1.165, 1.54) is 11.1 Å². The van der Waals surface area contributed by atoms with Gasteiger partial charge in [0.15, 0.2) is 0 Å². The lowest BCUT2D eigenvalue weighted by atomic mass is 9.85. The fraction of sp³-hybridized carbons (Fsp3) is 0.444. The van der Waals surface area contributed by atoms with Gasteiger partial charge in [-0.15, -0.1) is 0 Å². The summed E-state index contributed by atoms with van der Waals surface area (Å²) < 4.78 is 0. The average molecular weight is 312 g/mol. The van der Waals surface area contributed by atoms with Crippen LogP contribution in [-0.2, 0) is 13.0 Å². The highest BCUT2D eigenvalue weighted by Gasteiger charge is 2.33. The molecule has 0 amide bonds. The Hall–Kier alpha value is -2.14. The minimum Gasteiger partial charge on any atom is -0.396 e. The summed E-state index contributed by atoms with van der Waals surface area (Å²) in [5.74, 6) is 1.74. The molecule has 122 valence electrons. The molecule has 0 radical (unpaired) electrons. The number of aliphatic hydroxyl groups excluding tert-OH is 1. The summed E-state index contributed by atoms with van der Waals surface area (Å²) >= 11 is 0. The molecule has 1 aliphatic rings. The monoisotopic (exact) mass is 312 g/mol. The zero-order valence-electron chi connectivity index (χ0n) is 13.8. The van der Waals surface area contributed by atoms with Gasteiger partial charge in [-0.05, 0) is 37.8 Å². The Morgan fingerprint density at radius 3 is 2.78 bits per heavy atom. The molecule has 0 saturated carbocycles. The van der Waals surface area contributed by atoms with Crippen molar-refractivity contribution in [3.05, 3.63) is 47.8 Å². The molecule has 0 bridgehead atoms. The number of nitrogens with zero attached hydrogens (tertiary/aromatic N) is 3. The summed E-state index contributed by atoms with van der Waals surface area (Å²) in [6, 6.07) is 10.6. The van der Waals surface area contributed by atoms with Crippen LogP contribution in [0.2, 0.25) is 0 Å². The van der Waals surface area contributed by atoms with E-state index in [0.29, 0.717) is 13.0 Å². The SMILES string of the molecule is CC1(C)Cc2ccccc2CN1c1cc(NCCCO)ncn1. The minimum absolute atomic E-state index is 0.00503. The summed E-state index contributed by atoms with van der Waals surface area (Å²) in [6.45, 7) is 6.25. The summed E-state index contributed by atoms with van der Waals surface area (Å²) in [5, 5.41) is 12.1. The first-order chi connectivity index (χ1) is 11.1. The lowest BCUT2D eigenvalue weighted by Crippen LogP contribution is -2.49. The Balaban J connectivity index is 1.84. The van der Waals surface area contributed by atoms with Gasteiger partial charge in [0.05, 0.1) is 0 Å². The van der Waals surface area contributed by atoms with Crippen LogP contribution in [0.1, 0.15) is 31.4 Å². The van der Waals surface area contributed by atoms with Crippen LogP contribution in [0.15, 0.2) is 36.7 Å². The van der Waals surface area contributed by atoms with Gasteiger partial charge < -0.3 is 15.3 Å². The fourth-order valence-corrected chi connectivity index (χ4v) is 3.11. The van der Waals surface area contributed by atoms with Crippen LogP contribution in [0.5, 0.6) is 0 Å². The first kappa shape index (κ1) is 15.7. The van der Waals surface area contributed by atoms with Crippen molar-refractivity contribution in [2.75, 3.05) is 23.4 Å². The summed E-state index contributed by atoms with van der Waals surface area (Å²) in [7, 11) is 0. The van der Waals surface area contributed by atoms with Crippen LogP contribution in [-0.4, -0.2) is 33.8 Å². The second-order valence-electron chi connectivity index (χ2n) is 6.61. The maximum atomic E-state index is 8.88. The number of anilines is 2. The summed E-state index contributed by atoms with van der Waals surface area (Å²) in [4.78, 5) is 11.1. The van der Waals surface area contributed by atoms with Gasteiger partial charge >= 0.3 is 0 Å². The number of aliphatic hydroxyl groups is 1. The number of rotatable bonds is 5. The lowest BCUT2D eigenvalue weighted by Gasteiger charge is -2.44. The van der Waals surface area contributed by atoms with Crippen LogP contribution < -0.4 is 10.2 Å². The number of hydrogen-bond acceptors (Lipinski definition) is 5. The Bertz CT molecular complexity index is 672.